The highest BCUT2D eigenvalue weighted by atomic mass is 16.6. The Hall–Kier alpha value is -2.33. The Balaban J connectivity index is 1.54. The fraction of sp³-hybridized carbons (Fsp3) is 0.381. The number of aryl methyl sites for hydroxylation is 1. The number of piperidine rings is 1. The minimum absolute atomic E-state index is 0.0791. The number of carbonyl (C=O) groups excluding carboxylic acids is 1. The second kappa shape index (κ2) is 8.67. The molecule has 0 saturated carbocycles. The number of likely N-dealkylation sites (tertiary alicyclic amines) is 1. The van der Waals surface area contributed by atoms with Gasteiger partial charge in [0.2, 0.25) is 0 Å². The molecule has 0 unspecified atom stereocenters. The van der Waals surface area contributed by atoms with Crippen molar-refractivity contribution in [2.45, 2.75) is 38.8 Å². The molecule has 1 amide bonds. The zero-order valence-electron chi connectivity index (χ0n) is 14.7. The first kappa shape index (κ1) is 17.5. The molecule has 0 N–H and O–H groups in total. The van der Waals surface area contributed by atoms with Gasteiger partial charge in [-0.3, -0.25) is 0 Å². The molecule has 2 aromatic rings. The van der Waals surface area contributed by atoms with Gasteiger partial charge in [-0.2, -0.15) is 0 Å². The van der Waals surface area contributed by atoms with Crippen LogP contribution in [0.2, 0.25) is 0 Å². The van der Waals surface area contributed by atoms with Gasteiger partial charge in [-0.15, -0.1) is 0 Å². The first-order valence-electron chi connectivity index (χ1n) is 8.89. The van der Waals surface area contributed by atoms with Crippen LogP contribution in [-0.4, -0.2) is 30.2 Å². The van der Waals surface area contributed by atoms with Crippen molar-refractivity contribution in [1.82, 2.24) is 4.90 Å². The highest BCUT2D eigenvalue weighted by Gasteiger charge is 2.28. The van der Waals surface area contributed by atoms with Gasteiger partial charge in [0.25, 0.3) is 0 Å². The largest absolute Gasteiger partial charge is 0.415 e. The fourth-order valence-corrected chi connectivity index (χ4v) is 3.07. The summed E-state index contributed by atoms with van der Waals surface area (Å²) in [7, 11) is 0. The lowest BCUT2D eigenvalue weighted by Gasteiger charge is -2.34. The first-order chi connectivity index (χ1) is 12.2. The second-order valence-electron chi connectivity index (χ2n) is 6.52. The number of amides is 1. The van der Waals surface area contributed by atoms with E-state index in [4.69, 9.17) is 9.47 Å². The number of ether oxygens (including phenoxy) is 2. The third-order valence-corrected chi connectivity index (χ3v) is 4.51. The van der Waals surface area contributed by atoms with Crippen molar-refractivity contribution >= 4 is 6.09 Å². The van der Waals surface area contributed by atoms with Gasteiger partial charge < -0.3 is 14.4 Å². The van der Waals surface area contributed by atoms with Crippen LogP contribution in [0.15, 0.2) is 54.6 Å². The lowest BCUT2D eigenvalue weighted by Crippen LogP contribution is -2.47. The van der Waals surface area contributed by atoms with Crippen molar-refractivity contribution < 1.29 is 14.3 Å². The van der Waals surface area contributed by atoms with E-state index in [1.54, 1.807) is 0 Å². The molecule has 132 valence electrons. The van der Waals surface area contributed by atoms with E-state index in [0.717, 1.165) is 36.9 Å². The van der Waals surface area contributed by atoms with Crippen molar-refractivity contribution in [3.05, 3.63) is 65.7 Å². The van der Waals surface area contributed by atoms with Gasteiger partial charge in [-0.25, -0.2) is 4.79 Å². The van der Waals surface area contributed by atoms with Gasteiger partial charge in [0.1, 0.15) is 5.75 Å². The Kier molecular flexibility index (Phi) is 6.07. The quantitative estimate of drug-likeness (QED) is 0.801. The van der Waals surface area contributed by atoms with Crippen molar-refractivity contribution in [1.29, 1.82) is 0 Å². The molecule has 1 aliphatic heterocycles. The SMILES string of the molecule is Cc1ccc(OC(=O)N2CCCC[C@H]2COCc2ccccc2)cc1. The molecular formula is C21H25NO3. The molecule has 3 rings (SSSR count). The smallest absolute Gasteiger partial charge is 0.410 e. The predicted octanol–water partition coefficient (Wildman–Crippen LogP) is 4.57. The molecule has 1 fully saturated rings. The molecule has 1 saturated heterocycles. The number of carbonyl (C=O) groups is 1. The standard InChI is InChI=1S/C21H25NO3/c1-17-10-12-20(13-11-17)25-21(23)22-14-6-5-9-19(22)16-24-15-18-7-3-2-4-8-18/h2-4,7-8,10-13,19H,5-6,9,14-16H2,1H3/t19-/m0/s1. The predicted molar refractivity (Wildman–Crippen MR) is 97.6 cm³/mol. The minimum atomic E-state index is -0.281. The summed E-state index contributed by atoms with van der Waals surface area (Å²) in [6.45, 7) is 3.84. The molecule has 0 aliphatic carbocycles. The molecule has 1 heterocycles. The van der Waals surface area contributed by atoms with E-state index in [0.29, 0.717) is 19.0 Å². The highest BCUT2D eigenvalue weighted by Crippen LogP contribution is 2.20. The van der Waals surface area contributed by atoms with E-state index in [1.165, 1.54) is 0 Å². The molecule has 1 aliphatic rings. The average molecular weight is 339 g/mol. The van der Waals surface area contributed by atoms with Crippen LogP contribution in [0.25, 0.3) is 0 Å². The number of nitrogens with zero attached hydrogens (tertiary/aromatic N) is 1. The number of hydrogen-bond donors (Lipinski definition) is 0. The molecular weight excluding hydrogens is 314 g/mol. The Bertz CT molecular complexity index is 669. The lowest BCUT2D eigenvalue weighted by molar-refractivity contribution is 0.0369. The van der Waals surface area contributed by atoms with Gasteiger partial charge in [-0.1, -0.05) is 48.0 Å². The van der Waals surface area contributed by atoms with Gasteiger partial charge in [-0.05, 0) is 43.9 Å². The summed E-state index contributed by atoms with van der Waals surface area (Å²) in [6, 6.07) is 17.7. The maximum Gasteiger partial charge on any atom is 0.415 e. The Labute approximate surface area is 149 Å². The summed E-state index contributed by atoms with van der Waals surface area (Å²) in [5.74, 6) is 0.588. The summed E-state index contributed by atoms with van der Waals surface area (Å²) < 4.78 is 11.4. The van der Waals surface area contributed by atoms with Crippen molar-refractivity contribution in [2.24, 2.45) is 0 Å². The average Bonchev–Trinajstić information content (AvgIpc) is 2.65. The Morgan fingerprint density at radius 3 is 2.60 bits per heavy atom. The van der Waals surface area contributed by atoms with Crippen molar-refractivity contribution in [2.75, 3.05) is 13.2 Å². The van der Waals surface area contributed by atoms with Crippen LogP contribution < -0.4 is 4.74 Å². The molecule has 0 bridgehead atoms. The van der Waals surface area contributed by atoms with Crippen LogP contribution in [0.4, 0.5) is 4.79 Å². The maximum atomic E-state index is 12.5. The third-order valence-electron chi connectivity index (χ3n) is 4.51. The Morgan fingerprint density at radius 1 is 1.08 bits per heavy atom. The molecule has 2 aromatic carbocycles. The van der Waals surface area contributed by atoms with Crippen LogP contribution in [0.1, 0.15) is 30.4 Å². The van der Waals surface area contributed by atoms with Gasteiger partial charge in [0.05, 0.1) is 19.3 Å². The van der Waals surface area contributed by atoms with E-state index in [1.807, 2.05) is 66.4 Å². The van der Waals surface area contributed by atoms with E-state index in [-0.39, 0.29) is 12.1 Å². The Morgan fingerprint density at radius 2 is 1.84 bits per heavy atom. The number of rotatable bonds is 5. The normalized spacial score (nSPS) is 17.3. The van der Waals surface area contributed by atoms with E-state index in [2.05, 4.69) is 0 Å². The molecule has 0 aromatic heterocycles. The molecule has 0 spiro atoms. The summed E-state index contributed by atoms with van der Waals surface area (Å²) >= 11 is 0. The van der Waals surface area contributed by atoms with E-state index >= 15 is 0 Å². The zero-order chi connectivity index (χ0) is 17.5. The monoisotopic (exact) mass is 339 g/mol. The molecule has 1 atom stereocenters. The van der Waals surface area contributed by atoms with E-state index in [9.17, 15) is 4.79 Å². The van der Waals surface area contributed by atoms with Crippen LogP contribution in [-0.2, 0) is 11.3 Å². The molecule has 0 radical (unpaired) electrons. The van der Waals surface area contributed by atoms with E-state index < -0.39 is 0 Å². The van der Waals surface area contributed by atoms with Crippen LogP contribution in [0, 0.1) is 6.92 Å². The maximum absolute atomic E-state index is 12.5. The second-order valence-corrected chi connectivity index (χ2v) is 6.52. The summed E-state index contributed by atoms with van der Waals surface area (Å²) in [5.41, 5.74) is 2.29. The number of benzene rings is 2. The molecule has 4 nitrogen and oxygen atoms in total. The van der Waals surface area contributed by atoms with Crippen molar-refractivity contribution in [3.63, 3.8) is 0 Å². The summed E-state index contributed by atoms with van der Waals surface area (Å²) in [5, 5.41) is 0. The summed E-state index contributed by atoms with van der Waals surface area (Å²) in [4.78, 5) is 14.4. The lowest BCUT2D eigenvalue weighted by atomic mass is 10.0. The minimum Gasteiger partial charge on any atom is -0.410 e. The van der Waals surface area contributed by atoms with Crippen LogP contribution in [0.5, 0.6) is 5.75 Å². The number of hydrogen-bond acceptors (Lipinski definition) is 3. The van der Waals surface area contributed by atoms with Gasteiger partial charge in [0.15, 0.2) is 0 Å². The van der Waals surface area contributed by atoms with Gasteiger partial charge >= 0.3 is 6.09 Å². The van der Waals surface area contributed by atoms with Crippen molar-refractivity contribution in [3.8, 4) is 5.75 Å². The highest BCUT2D eigenvalue weighted by molar-refractivity contribution is 5.71. The fourth-order valence-electron chi connectivity index (χ4n) is 3.07. The molecule has 25 heavy (non-hydrogen) atoms. The van der Waals surface area contributed by atoms with Gasteiger partial charge in [0, 0.05) is 6.54 Å². The van der Waals surface area contributed by atoms with Crippen LogP contribution >= 0.6 is 0 Å². The zero-order valence-corrected chi connectivity index (χ0v) is 14.7. The third kappa shape index (κ3) is 5.07. The first-order valence-corrected chi connectivity index (χ1v) is 8.89. The molecule has 4 heteroatoms. The summed E-state index contributed by atoms with van der Waals surface area (Å²) in [6.07, 6.45) is 2.81. The topological polar surface area (TPSA) is 38.8 Å². The van der Waals surface area contributed by atoms with Crippen LogP contribution in [0.3, 0.4) is 0 Å².